The Morgan fingerprint density at radius 1 is 1.59 bits per heavy atom. The van der Waals surface area contributed by atoms with Crippen LogP contribution in [0.5, 0.6) is 0 Å². The fraction of sp³-hybridized carbons (Fsp3) is 0.364. The average Bonchev–Trinajstić information content (AvgIpc) is 3.00. The van der Waals surface area contributed by atoms with Crippen LogP contribution < -0.4 is 5.73 Å². The topological polar surface area (TPSA) is 86.2 Å². The zero-order chi connectivity index (χ0) is 12.7. The van der Waals surface area contributed by atoms with E-state index in [-0.39, 0.29) is 17.0 Å². The van der Waals surface area contributed by atoms with Gasteiger partial charge in [-0.1, -0.05) is 0 Å². The average molecular weight is 238 g/mol. The molecule has 0 spiro atoms. The third-order valence-electron chi connectivity index (χ3n) is 3.00. The molecule has 6 heteroatoms. The summed E-state index contributed by atoms with van der Waals surface area (Å²) in [5, 5.41) is 10.7. The fourth-order valence-corrected chi connectivity index (χ4v) is 2.00. The van der Waals surface area contributed by atoms with Gasteiger partial charge in [0.25, 0.3) is 0 Å². The van der Waals surface area contributed by atoms with E-state index in [4.69, 9.17) is 5.73 Å². The van der Waals surface area contributed by atoms with Gasteiger partial charge in [0, 0.05) is 17.2 Å². The number of halogens is 1. The fourth-order valence-electron chi connectivity index (χ4n) is 2.00. The highest BCUT2D eigenvalue weighted by Crippen LogP contribution is 2.45. The summed E-state index contributed by atoms with van der Waals surface area (Å²) in [7, 11) is 0. The zero-order valence-corrected chi connectivity index (χ0v) is 9.20. The number of carbonyl (C=O) groups excluding carboxylic acids is 1. The number of nitro groups is 1. The SMILES string of the molecule is Cc1c(C(N)=O)cc([N+](=O)[O-])c(F)c1C1CC1. The van der Waals surface area contributed by atoms with E-state index in [0.29, 0.717) is 5.56 Å². The Balaban J connectivity index is 2.72. The Morgan fingerprint density at radius 2 is 2.18 bits per heavy atom. The van der Waals surface area contributed by atoms with E-state index in [9.17, 15) is 19.3 Å². The maximum Gasteiger partial charge on any atom is 0.305 e. The summed E-state index contributed by atoms with van der Waals surface area (Å²) in [5.74, 6) is -1.62. The number of hydrogen-bond donors (Lipinski definition) is 1. The molecule has 1 saturated carbocycles. The molecular weight excluding hydrogens is 227 g/mol. The highest BCUT2D eigenvalue weighted by Gasteiger charge is 2.34. The second kappa shape index (κ2) is 3.80. The van der Waals surface area contributed by atoms with Crippen LogP contribution in [0.25, 0.3) is 0 Å². The van der Waals surface area contributed by atoms with Gasteiger partial charge < -0.3 is 5.73 Å². The Labute approximate surface area is 96.6 Å². The van der Waals surface area contributed by atoms with Crippen molar-refractivity contribution in [3.8, 4) is 0 Å². The van der Waals surface area contributed by atoms with Gasteiger partial charge in [0.15, 0.2) is 0 Å². The molecule has 2 rings (SSSR count). The second-order valence-electron chi connectivity index (χ2n) is 4.19. The minimum absolute atomic E-state index is 0.0204. The predicted octanol–water partition coefficient (Wildman–Crippen LogP) is 2.02. The van der Waals surface area contributed by atoms with Crippen molar-refractivity contribution in [2.75, 3.05) is 0 Å². The molecule has 1 aromatic rings. The summed E-state index contributed by atoms with van der Waals surface area (Å²) in [5.41, 5.74) is 5.18. The highest BCUT2D eigenvalue weighted by atomic mass is 19.1. The van der Waals surface area contributed by atoms with Gasteiger partial charge in [0.05, 0.1) is 4.92 Å². The van der Waals surface area contributed by atoms with Crippen LogP contribution in [0.1, 0.15) is 40.2 Å². The van der Waals surface area contributed by atoms with Crippen molar-refractivity contribution in [2.45, 2.75) is 25.7 Å². The molecule has 1 fully saturated rings. The van der Waals surface area contributed by atoms with Gasteiger partial charge in [-0.3, -0.25) is 14.9 Å². The summed E-state index contributed by atoms with van der Waals surface area (Å²) in [6.45, 7) is 1.57. The number of nitrogens with two attached hydrogens (primary N) is 1. The molecule has 0 radical (unpaired) electrons. The van der Waals surface area contributed by atoms with Gasteiger partial charge in [0.2, 0.25) is 11.7 Å². The molecule has 17 heavy (non-hydrogen) atoms. The number of benzene rings is 1. The third-order valence-corrected chi connectivity index (χ3v) is 3.00. The Bertz CT molecular complexity index is 486. The number of nitrogens with zero attached hydrogens (tertiary/aromatic N) is 1. The van der Waals surface area contributed by atoms with Crippen LogP contribution in [0.3, 0.4) is 0 Å². The minimum atomic E-state index is -0.833. The molecule has 90 valence electrons. The molecule has 0 bridgehead atoms. The largest absolute Gasteiger partial charge is 0.366 e. The van der Waals surface area contributed by atoms with Crippen molar-refractivity contribution >= 4 is 11.6 Å². The Kier molecular flexibility index (Phi) is 2.57. The number of hydrogen-bond acceptors (Lipinski definition) is 3. The number of primary amides is 1. The van der Waals surface area contributed by atoms with E-state index in [1.54, 1.807) is 6.92 Å². The van der Waals surface area contributed by atoms with E-state index in [2.05, 4.69) is 0 Å². The molecule has 0 atom stereocenters. The monoisotopic (exact) mass is 238 g/mol. The summed E-state index contributed by atoms with van der Waals surface area (Å²) in [6, 6.07) is 0.916. The highest BCUT2D eigenvalue weighted by molar-refractivity contribution is 5.95. The van der Waals surface area contributed by atoms with E-state index in [1.807, 2.05) is 0 Å². The summed E-state index contributed by atoms with van der Waals surface area (Å²) in [6.07, 6.45) is 1.58. The lowest BCUT2D eigenvalue weighted by Crippen LogP contribution is -2.15. The molecule has 0 saturated heterocycles. The zero-order valence-electron chi connectivity index (χ0n) is 9.20. The number of rotatable bonds is 3. The van der Waals surface area contributed by atoms with Gasteiger partial charge in [-0.15, -0.1) is 0 Å². The van der Waals surface area contributed by atoms with E-state index in [0.717, 1.165) is 18.9 Å². The van der Waals surface area contributed by atoms with Crippen LogP contribution in [-0.2, 0) is 0 Å². The minimum Gasteiger partial charge on any atom is -0.366 e. The van der Waals surface area contributed by atoms with Crippen LogP contribution in [-0.4, -0.2) is 10.8 Å². The quantitative estimate of drug-likeness (QED) is 0.645. The smallest absolute Gasteiger partial charge is 0.305 e. The lowest BCUT2D eigenvalue weighted by Gasteiger charge is -2.10. The normalized spacial score (nSPS) is 14.7. The van der Waals surface area contributed by atoms with Crippen molar-refractivity contribution in [3.05, 3.63) is 38.7 Å². The lowest BCUT2D eigenvalue weighted by atomic mass is 9.96. The number of nitro benzene ring substituents is 1. The van der Waals surface area contributed by atoms with E-state index in [1.165, 1.54) is 0 Å². The summed E-state index contributed by atoms with van der Waals surface area (Å²) in [4.78, 5) is 21.1. The summed E-state index contributed by atoms with van der Waals surface area (Å²) >= 11 is 0. The van der Waals surface area contributed by atoms with Gasteiger partial charge >= 0.3 is 5.69 Å². The molecule has 0 aromatic heterocycles. The van der Waals surface area contributed by atoms with Crippen LogP contribution in [0.2, 0.25) is 0 Å². The molecule has 1 amide bonds. The molecule has 0 heterocycles. The number of amides is 1. The number of carbonyl (C=O) groups is 1. The van der Waals surface area contributed by atoms with Crippen LogP contribution in [0.15, 0.2) is 6.07 Å². The van der Waals surface area contributed by atoms with Gasteiger partial charge in [-0.05, 0) is 31.2 Å². The lowest BCUT2D eigenvalue weighted by molar-refractivity contribution is -0.387. The third kappa shape index (κ3) is 1.86. The Hall–Kier alpha value is -1.98. The first-order valence-electron chi connectivity index (χ1n) is 5.20. The second-order valence-corrected chi connectivity index (χ2v) is 4.19. The van der Waals surface area contributed by atoms with Crippen LogP contribution >= 0.6 is 0 Å². The maximum absolute atomic E-state index is 13.9. The van der Waals surface area contributed by atoms with Crippen molar-refractivity contribution in [1.82, 2.24) is 0 Å². The molecule has 5 nitrogen and oxygen atoms in total. The van der Waals surface area contributed by atoms with Gasteiger partial charge in [0.1, 0.15) is 0 Å². The molecule has 2 N–H and O–H groups in total. The van der Waals surface area contributed by atoms with E-state index >= 15 is 0 Å². The van der Waals surface area contributed by atoms with Crippen molar-refractivity contribution in [1.29, 1.82) is 0 Å². The molecule has 1 aliphatic rings. The molecule has 0 aliphatic heterocycles. The predicted molar refractivity (Wildman–Crippen MR) is 58.3 cm³/mol. The van der Waals surface area contributed by atoms with Crippen LogP contribution in [0.4, 0.5) is 10.1 Å². The van der Waals surface area contributed by atoms with Crippen LogP contribution in [0, 0.1) is 22.9 Å². The van der Waals surface area contributed by atoms with Gasteiger partial charge in [-0.2, -0.15) is 4.39 Å². The van der Waals surface area contributed by atoms with Crippen molar-refractivity contribution in [3.63, 3.8) is 0 Å². The molecule has 0 unspecified atom stereocenters. The first-order chi connectivity index (χ1) is 7.93. The Morgan fingerprint density at radius 3 is 2.59 bits per heavy atom. The standard InChI is InChI=1S/C11H11FN2O3/c1-5-7(11(13)15)4-8(14(16)17)10(12)9(5)6-2-3-6/h4,6H,2-3H2,1H3,(H2,13,15). The molecule has 1 aromatic carbocycles. The van der Waals surface area contributed by atoms with E-state index < -0.39 is 22.3 Å². The maximum atomic E-state index is 13.9. The molecule has 1 aliphatic carbocycles. The van der Waals surface area contributed by atoms with Crippen molar-refractivity contribution in [2.24, 2.45) is 5.73 Å². The first-order valence-corrected chi connectivity index (χ1v) is 5.20. The van der Waals surface area contributed by atoms with Crippen molar-refractivity contribution < 1.29 is 14.1 Å². The molecular formula is C11H11FN2O3. The summed E-state index contributed by atoms with van der Waals surface area (Å²) < 4.78 is 13.9. The first kappa shape index (κ1) is 11.5. The van der Waals surface area contributed by atoms with Gasteiger partial charge in [-0.25, -0.2) is 0 Å².